The summed E-state index contributed by atoms with van der Waals surface area (Å²) in [7, 11) is 0. The number of hydrogen-bond donors (Lipinski definition) is 1. The summed E-state index contributed by atoms with van der Waals surface area (Å²) in [4.78, 5) is 22.1. The molecule has 1 aromatic rings. The molecule has 0 spiro atoms. The monoisotopic (exact) mass is 253 g/mol. The third-order valence-corrected chi connectivity index (χ3v) is 1.82. The van der Waals surface area contributed by atoms with Crippen LogP contribution < -0.4 is 14.8 Å². The largest absolute Gasteiger partial charge is 0.513 e. The molecule has 0 aliphatic carbocycles. The van der Waals surface area contributed by atoms with Gasteiger partial charge in [0, 0.05) is 6.54 Å². The normalized spacial score (nSPS) is 9.44. The molecule has 6 nitrogen and oxygen atoms in total. The van der Waals surface area contributed by atoms with Gasteiger partial charge in [0.15, 0.2) is 0 Å². The van der Waals surface area contributed by atoms with E-state index in [1.807, 2.05) is 0 Å². The third kappa shape index (κ3) is 4.73. The summed E-state index contributed by atoms with van der Waals surface area (Å²) in [6, 6.07) is 6.05. The maximum atomic E-state index is 11.1. The predicted octanol–water partition coefficient (Wildman–Crippen LogP) is 2.33. The zero-order valence-electron chi connectivity index (χ0n) is 10.3. The molecule has 98 valence electrons. The molecule has 1 rings (SSSR count). The van der Waals surface area contributed by atoms with Gasteiger partial charge >= 0.3 is 12.2 Å². The first-order valence-corrected chi connectivity index (χ1v) is 5.56. The fourth-order valence-corrected chi connectivity index (χ4v) is 1.11. The molecule has 1 N–H and O–H groups in total. The van der Waals surface area contributed by atoms with Crippen molar-refractivity contribution in [1.29, 1.82) is 0 Å². The van der Waals surface area contributed by atoms with Gasteiger partial charge in [-0.2, -0.15) is 0 Å². The van der Waals surface area contributed by atoms with Gasteiger partial charge in [-0.1, -0.05) is 0 Å². The smallest absolute Gasteiger partial charge is 0.434 e. The van der Waals surface area contributed by atoms with Crippen molar-refractivity contribution in [1.82, 2.24) is 5.32 Å². The van der Waals surface area contributed by atoms with Crippen LogP contribution in [0.5, 0.6) is 11.5 Å². The second-order valence-corrected chi connectivity index (χ2v) is 3.18. The van der Waals surface area contributed by atoms with Crippen molar-refractivity contribution in [3.8, 4) is 11.5 Å². The summed E-state index contributed by atoms with van der Waals surface area (Å²) in [6.07, 6.45) is -1.30. The highest BCUT2D eigenvalue weighted by atomic mass is 16.7. The number of carbonyl (C=O) groups is 2. The third-order valence-electron chi connectivity index (χ3n) is 1.82. The lowest BCUT2D eigenvalue weighted by molar-refractivity contribution is 0.104. The van der Waals surface area contributed by atoms with E-state index in [0.717, 1.165) is 0 Å². The summed E-state index contributed by atoms with van der Waals surface area (Å²) in [5, 5.41) is 2.49. The minimum atomic E-state index is -0.769. The van der Waals surface area contributed by atoms with Crippen LogP contribution in [0.2, 0.25) is 0 Å². The van der Waals surface area contributed by atoms with Crippen LogP contribution in [0.3, 0.4) is 0 Å². The zero-order valence-corrected chi connectivity index (χ0v) is 10.3. The highest BCUT2D eigenvalue weighted by molar-refractivity contribution is 5.70. The lowest BCUT2D eigenvalue weighted by atomic mass is 10.3. The summed E-state index contributed by atoms with van der Waals surface area (Å²) < 4.78 is 14.4. The molecule has 0 saturated carbocycles. The molecular weight excluding hydrogens is 238 g/mol. The van der Waals surface area contributed by atoms with Crippen LogP contribution >= 0.6 is 0 Å². The Hall–Kier alpha value is -2.24. The molecule has 18 heavy (non-hydrogen) atoms. The van der Waals surface area contributed by atoms with E-state index < -0.39 is 12.2 Å². The molecule has 0 aliphatic heterocycles. The Balaban J connectivity index is 2.52. The number of ether oxygens (including phenoxy) is 3. The fraction of sp³-hybridized carbons (Fsp3) is 0.333. The lowest BCUT2D eigenvalue weighted by Gasteiger charge is -2.06. The van der Waals surface area contributed by atoms with E-state index in [1.165, 1.54) is 24.3 Å². The van der Waals surface area contributed by atoms with Crippen molar-refractivity contribution in [3.05, 3.63) is 24.3 Å². The van der Waals surface area contributed by atoms with Gasteiger partial charge < -0.3 is 19.5 Å². The number of amides is 1. The molecule has 0 radical (unpaired) electrons. The molecule has 6 heteroatoms. The van der Waals surface area contributed by atoms with Gasteiger partial charge in [0.25, 0.3) is 0 Å². The number of hydrogen-bond acceptors (Lipinski definition) is 5. The fourth-order valence-electron chi connectivity index (χ4n) is 1.11. The molecule has 1 aromatic carbocycles. The van der Waals surface area contributed by atoms with Crippen LogP contribution in [-0.4, -0.2) is 25.4 Å². The number of rotatable bonds is 4. The summed E-state index contributed by atoms with van der Waals surface area (Å²) >= 11 is 0. The number of nitrogens with one attached hydrogen (secondary N) is 1. The van der Waals surface area contributed by atoms with Gasteiger partial charge in [-0.05, 0) is 38.1 Å². The maximum Gasteiger partial charge on any atom is 0.513 e. The van der Waals surface area contributed by atoms with Crippen molar-refractivity contribution in [2.75, 3.05) is 13.2 Å². The Morgan fingerprint density at radius 2 is 1.61 bits per heavy atom. The second-order valence-electron chi connectivity index (χ2n) is 3.18. The first-order chi connectivity index (χ1) is 8.65. The van der Waals surface area contributed by atoms with Gasteiger partial charge in [-0.25, -0.2) is 9.59 Å². The van der Waals surface area contributed by atoms with Gasteiger partial charge in [-0.3, -0.25) is 0 Å². The quantitative estimate of drug-likeness (QED) is 0.658. The highest BCUT2D eigenvalue weighted by Gasteiger charge is 2.06. The molecule has 0 heterocycles. The molecule has 0 fully saturated rings. The standard InChI is InChI=1S/C12H15NO5/c1-3-13-11(14)17-9-5-7-10(8-6-9)18-12(15)16-4-2/h5-8H,3-4H2,1-2H3,(H,13,14). The Morgan fingerprint density at radius 3 is 2.11 bits per heavy atom. The molecule has 0 unspecified atom stereocenters. The minimum Gasteiger partial charge on any atom is -0.434 e. The summed E-state index contributed by atoms with van der Waals surface area (Å²) in [5.41, 5.74) is 0. The van der Waals surface area contributed by atoms with Gasteiger partial charge in [0.1, 0.15) is 11.5 Å². The SMILES string of the molecule is CCNC(=O)Oc1ccc(OC(=O)OCC)cc1. The molecule has 0 aliphatic rings. The van der Waals surface area contributed by atoms with Gasteiger partial charge in [0.2, 0.25) is 0 Å². The van der Waals surface area contributed by atoms with Crippen LogP contribution in [-0.2, 0) is 4.74 Å². The Bertz CT molecular complexity index is 362. The van der Waals surface area contributed by atoms with Crippen LogP contribution in [0, 0.1) is 0 Å². The minimum absolute atomic E-state index is 0.247. The average molecular weight is 253 g/mol. The van der Waals surface area contributed by atoms with E-state index in [9.17, 15) is 9.59 Å². The lowest BCUT2D eigenvalue weighted by Crippen LogP contribution is -2.26. The van der Waals surface area contributed by atoms with Crippen LogP contribution in [0.1, 0.15) is 13.8 Å². The van der Waals surface area contributed by atoms with Crippen molar-refractivity contribution in [2.24, 2.45) is 0 Å². The van der Waals surface area contributed by atoms with Crippen LogP contribution in [0.4, 0.5) is 9.59 Å². The Kier molecular flexibility index (Phi) is 5.50. The zero-order chi connectivity index (χ0) is 13.4. The van der Waals surface area contributed by atoms with E-state index in [1.54, 1.807) is 13.8 Å². The second kappa shape index (κ2) is 7.16. The number of carbonyl (C=O) groups excluding carboxylic acids is 2. The van der Waals surface area contributed by atoms with Crippen molar-refractivity contribution >= 4 is 12.2 Å². The molecule has 0 aromatic heterocycles. The summed E-state index contributed by atoms with van der Waals surface area (Å²) in [6.45, 7) is 4.21. The first-order valence-electron chi connectivity index (χ1n) is 5.56. The van der Waals surface area contributed by atoms with E-state index in [2.05, 4.69) is 10.1 Å². The molecule has 0 atom stereocenters. The van der Waals surface area contributed by atoms with E-state index in [0.29, 0.717) is 18.0 Å². The predicted molar refractivity (Wildman–Crippen MR) is 63.8 cm³/mol. The molecule has 0 saturated heterocycles. The topological polar surface area (TPSA) is 73.9 Å². The van der Waals surface area contributed by atoms with Crippen molar-refractivity contribution < 1.29 is 23.8 Å². The average Bonchev–Trinajstić information content (AvgIpc) is 2.32. The van der Waals surface area contributed by atoms with Gasteiger partial charge in [-0.15, -0.1) is 0 Å². The molecular formula is C12H15NO5. The molecule has 0 bridgehead atoms. The van der Waals surface area contributed by atoms with Crippen LogP contribution in [0.15, 0.2) is 24.3 Å². The van der Waals surface area contributed by atoms with E-state index in [4.69, 9.17) is 9.47 Å². The van der Waals surface area contributed by atoms with Crippen molar-refractivity contribution in [2.45, 2.75) is 13.8 Å². The molecule has 1 amide bonds. The van der Waals surface area contributed by atoms with Crippen molar-refractivity contribution in [3.63, 3.8) is 0 Å². The first kappa shape index (κ1) is 13.8. The Morgan fingerprint density at radius 1 is 1.06 bits per heavy atom. The number of benzene rings is 1. The highest BCUT2D eigenvalue weighted by Crippen LogP contribution is 2.18. The van der Waals surface area contributed by atoms with E-state index >= 15 is 0 Å². The van der Waals surface area contributed by atoms with Crippen LogP contribution in [0.25, 0.3) is 0 Å². The maximum absolute atomic E-state index is 11.1. The van der Waals surface area contributed by atoms with E-state index in [-0.39, 0.29) is 6.61 Å². The Labute approximate surface area is 105 Å². The summed E-state index contributed by atoms with van der Waals surface area (Å²) in [5.74, 6) is 0.675. The van der Waals surface area contributed by atoms with Gasteiger partial charge in [0.05, 0.1) is 6.61 Å².